The van der Waals surface area contributed by atoms with Crippen LogP contribution in [0.2, 0.25) is 0 Å². The highest BCUT2D eigenvalue weighted by atomic mass is 16.2. The first-order valence-corrected chi connectivity index (χ1v) is 10.4. The van der Waals surface area contributed by atoms with E-state index in [1.54, 1.807) is 13.3 Å². The Hall–Kier alpha value is -1.92. The predicted octanol–water partition coefficient (Wildman–Crippen LogP) is 1.94. The molecule has 2 amide bonds. The van der Waals surface area contributed by atoms with Gasteiger partial charge in [-0.05, 0) is 50.4 Å². The molecule has 27 heavy (non-hydrogen) atoms. The van der Waals surface area contributed by atoms with Crippen molar-refractivity contribution in [1.82, 2.24) is 24.6 Å². The van der Waals surface area contributed by atoms with E-state index < -0.39 is 0 Å². The number of amides is 2. The summed E-state index contributed by atoms with van der Waals surface area (Å²) in [6.07, 6.45) is 9.51. The Bertz CT molecular complexity index is 668. The molecule has 3 aliphatic rings. The molecule has 7 nitrogen and oxygen atoms in total. The van der Waals surface area contributed by atoms with Crippen molar-refractivity contribution in [2.24, 2.45) is 17.8 Å². The maximum atomic E-state index is 13.0. The van der Waals surface area contributed by atoms with Gasteiger partial charge in [-0.3, -0.25) is 14.3 Å². The Kier molecular flexibility index (Phi) is 5.19. The molecule has 3 fully saturated rings. The summed E-state index contributed by atoms with van der Waals surface area (Å²) in [4.78, 5) is 33.5. The van der Waals surface area contributed by atoms with Crippen molar-refractivity contribution < 1.29 is 9.59 Å². The standard InChI is InChI=1S/C20H31N5O2/c1-14-3-5-16(6-4-14)20(27)23-8-7-19-17(10-23)9-18(25(19)15(2)26)11-24-13-21-12-22-24/h12-14,16-19H,3-11H2,1-2H3/t14?,16?,17-,18+,19+/m1/s1. The van der Waals surface area contributed by atoms with E-state index in [-0.39, 0.29) is 23.9 Å². The van der Waals surface area contributed by atoms with E-state index in [2.05, 4.69) is 26.8 Å². The third-order valence-electron chi connectivity index (χ3n) is 6.92. The first-order chi connectivity index (χ1) is 13.0. The van der Waals surface area contributed by atoms with E-state index in [1.165, 1.54) is 19.2 Å². The van der Waals surface area contributed by atoms with Crippen LogP contribution < -0.4 is 0 Å². The first kappa shape index (κ1) is 18.4. The largest absolute Gasteiger partial charge is 0.342 e. The first-order valence-electron chi connectivity index (χ1n) is 10.4. The van der Waals surface area contributed by atoms with Gasteiger partial charge in [0.05, 0.1) is 12.6 Å². The van der Waals surface area contributed by atoms with Crippen LogP contribution in [0.1, 0.15) is 52.4 Å². The third-order valence-corrected chi connectivity index (χ3v) is 6.92. The highest BCUT2D eigenvalue weighted by molar-refractivity contribution is 5.79. The molecule has 2 aliphatic heterocycles. The number of aromatic nitrogens is 3. The van der Waals surface area contributed by atoms with Gasteiger partial charge in [0.1, 0.15) is 12.7 Å². The highest BCUT2D eigenvalue weighted by Gasteiger charge is 2.46. The molecule has 3 heterocycles. The van der Waals surface area contributed by atoms with Gasteiger partial charge in [0, 0.05) is 32.0 Å². The van der Waals surface area contributed by atoms with Gasteiger partial charge in [-0.15, -0.1) is 0 Å². The van der Waals surface area contributed by atoms with Crippen molar-refractivity contribution in [2.45, 2.75) is 71.0 Å². The van der Waals surface area contributed by atoms with Crippen molar-refractivity contribution >= 4 is 11.8 Å². The second-order valence-electron chi connectivity index (χ2n) is 8.79. The summed E-state index contributed by atoms with van der Waals surface area (Å²) in [7, 11) is 0. The van der Waals surface area contributed by atoms with Gasteiger partial charge in [0.15, 0.2) is 0 Å². The molecule has 0 bridgehead atoms. The lowest BCUT2D eigenvalue weighted by Crippen LogP contribution is -2.51. The fourth-order valence-corrected chi connectivity index (χ4v) is 5.51. The summed E-state index contributed by atoms with van der Waals surface area (Å²) >= 11 is 0. The van der Waals surface area contributed by atoms with Crippen LogP contribution in [0, 0.1) is 17.8 Å². The minimum atomic E-state index is 0.133. The lowest BCUT2D eigenvalue weighted by molar-refractivity contribution is -0.140. The van der Waals surface area contributed by atoms with E-state index in [9.17, 15) is 9.59 Å². The van der Waals surface area contributed by atoms with Crippen LogP contribution in [0.3, 0.4) is 0 Å². The zero-order valence-electron chi connectivity index (χ0n) is 16.5. The van der Waals surface area contributed by atoms with E-state index in [1.807, 2.05) is 4.68 Å². The van der Waals surface area contributed by atoms with E-state index in [0.717, 1.165) is 44.7 Å². The molecule has 0 spiro atoms. The van der Waals surface area contributed by atoms with Crippen LogP contribution in [0.5, 0.6) is 0 Å². The van der Waals surface area contributed by atoms with Crippen LogP contribution in [-0.2, 0) is 16.1 Å². The average molecular weight is 374 g/mol. The Morgan fingerprint density at radius 1 is 1.15 bits per heavy atom. The number of likely N-dealkylation sites (tertiary alicyclic amines) is 2. The quantitative estimate of drug-likeness (QED) is 0.812. The zero-order chi connectivity index (χ0) is 19.0. The van der Waals surface area contributed by atoms with Crippen LogP contribution >= 0.6 is 0 Å². The number of piperidine rings is 1. The number of hydrogen-bond donors (Lipinski definition) is 0. The second kappa shape index (κ2) is 7.60. The normalized spacial score (nSPS) is 33.8. The van der Waals surface area contributed by atoms with Crippen LogP contribution in [0.15, 0.2) is 12.7 Å². The van der Waals surface area contributed by atoms with Crippen LogP contribution in [-0.4, -0.2) is 61.6 Å². The molecule has 4 rings (SSSR count). The number of carbonyl (C=O) groups is 2. The molecule has 0 N–H and O–H groups in total. The third kappa shape index (κ3) is 3.73. The SMILES string of the molecule is CC(=O)N1[C@H](Cn2cncn2)C[C@@H]2CN(C(=O)C3CCC(C)CC3)CC[C@@H]21. The second-order valence-corrected chi connectivity index (χ2v) is 8.79. The molecule has 1 aromatic heterocycles. The maximum absolute atomic E-state index is 13.0. The zero-order valence-corrected chi connectivity index (χ0v) is 16.5. The molecule has 1 aliphatic carbocycles. The molecule has 1 saturated carbocycles. The number of nitrogens with zero attached hydrogens (tertiary/aromatic N) is 5. The molecule has 3 atom stereocenters. The Morgan fingerprint density at radius 2 is 1.93 bits per heavy atom. The molecule has 1 aromatic rings. The lowest BCUT2D eigenvalue weighted by Gasteiger charge is -2.40. The number of rotatable bonds is 3. The smallest absolute Gasteiger partial charge is 0.225 e. The maximum Gasteiger partial charge on any atom is 0.225 e. The van der Waals surface area contributed by atoms with Gasteiger partial charge < -0.3 is 9.80 Å². The van der Waals surface area contributed by atoms with Gasteiger partial charge in [0.2, 0.25) is 11.8 Å². The fourth-order valence-electron chi connectivity index (χ4n) is 5.51. The van der Waals surface area contributed by atoms with Gasteiger partial charge in [0.25, 0.3) is 0 Å². The van der Waals surface area contributed by atoms with E-state index >= 15 is 0 Å². The average Bonchev–Trinajstić information content (AvgIpc) is 3.28. The van der Waals surface area contributed by atoms with E-state index in [4.69, 9.17) is 0 Å². The minimum absolute atomic E-state index is 0.133. The summed E-state index contributed by atoms with van der Waals surface area (Å²) in [6, 6.07) is 0.399. The Balaban J connectivity index is 1.41. The topological polar surface area (TPSA) is 71.3 Å². The molecular weight excluding hydrogens is 342 g/mol. The summed E-state index contributed by atoms with van der Waals surface area (Å²) in [6.45, 7) is 6.22. The molecule has 0 aromatic carbocycles. The monoisotopic (exact) mass is 373 g/mol. The summed E-state index contributed by atoms with van der Waals surface area (Å²) in [5.41, 5.74) is 0. The highest BCUT2D eigenvalue weighted by Crippen LogP contribution is 2.38. The van der Waals surface area contributed by atoms with Gasteiger partial charge in [-0.25, -0.2) is 4.98 Å². The fraction of sp³-hybridized carbons (Fsp3) is 0.800. The number of hydrogen-bond acceptors (Lipinski definition) is 4. The van der Waals surface area contributed by atoms with Crippen molar-refractivity contribution in [3.8, 4) is 0 Å². The van der Waals surface area contributed by atoms with Gasteiger partial charge in [-0.2, -0.15) is 5.10 Å². The van der Waals surface area contributed by atoms with Crippen molar-refractivity contribution in [3.63, 3.8) is 0 Å². The Labute approximate surface area is 161 Å². The van der Waals surface area contributed by atoms with Gasteiger partial charge in [-0.1, -0.05) is 6.92 Å². The van der Waals surface area contributed by atoms with Crippen molar-refractivity contribution in [1.29, 1.82) is 0 Å². The molecule has 7 heteroatoms. The number of carbonyl (C=O) groups excluding carboxylic acids is 2. The summed E-state index contributed by atoms with van der Waals surface area (Å²) in [5, 5.41) is 4.20. The van der Waals surface area contributed by atoms with E-state index in [0.29, 0.717) is 18.4 Å². The minimum Gasteiger partial charge on any atom is -0.342 e. The Morgan fingerprint density at radius 3 is 2.59 bits per heavy atom. The molecule has 0 radical (unpaired) electrons. The van der Waals surface area contributed by atoms with Crippen LogP contribution in [0.4, 0.5) is 0 Å². The van der Waals surface area contributed by atoms with Gasteiger partial charge >= 0.3 is 0 Å². The summed E-state index contributed by atoms with van der Waals surface area (Å²) < 4.78 is 1.81. The molecule has 2 saturated heterocycles. The molecular formula is C20H31N5O2. The summed E-state index contributed by atoms with van der Waals surface area (Å²) in [5.74, 6) is 1.84. The van der Waals surface area contributed by atoms with Crippen molar-refractivity contribution in [3.05, 3.63) is 12.7 Å². The van der Waals surface area contributed by atoms with Crippen molar-refractivity contribution in [2.75, 3.05) is 13.1 Å². The lowest BCUT2D eigenvalue weighted by atomic mass is 9.81. The predicted molar refractivity (Wildman–Crippen MR) is 101 cm³/mol. The molecule has 0 unspecified atom stereocenters. The van der Waals surface area contributed by atoms with Crippen LogP contribution in [0.25, 0.3) is 0 Å². The molecule has 148 valence electrons. The number of fused-ring (bicyclic) bond motifs is 1.